The molecule has 104 valence electrons. The van der Waals surface area contributed by atoms with Crippen molar-refractivity contribution in [2.75, 3.05) is 0 Å². The van der Waals surface area contributed by atoms with Crippen LogP contribution in [-0.2, 0) is 6.42 Å². The van der Waals surface area contributed by atoms with Gasteiger partial charge in [-0.15, -0.1) is 0 Å². The predicted molar refractivity (Wildman–Crippen MR) is 74.9 cm³/mol. The molecule has 5 heteroatoms. The number of nitrogens with two attached hydrogens (primary N) is 1. The van der Waals surface area contributed by atoms with Crippen LogP contribution in [0.1, 0.15) is 22.7 Å². The number of non-ortho nitro benzene ring substituents is 1. The lowest BCUT2D eigenvalue weighted by atomic mass is 9.96. The maximum absolute atomic E-state index is 13.3. The lowest BCUT2D eigenvalue weighted by Gasteiger charge is -2.15. The van der Waals surface area contributed by atoms with Gasteiger partial charge in [-0.25, -0.2) is 4.39 Å². The van der Waals surface area contributed by atoms with Gasteiger partial charge in [0, 0.05) is 18.2 Å². The number of hydrogen-bond acceptors (Lipinski definition) is 3. The number of nitro groups is 1. The molecule has 0 heterocycles. The standard InChI is InChI=1S/C15H15FN2O2/c1-10-2-5-12(16)9-14(10)15(17)8-11-3-6-13(7-4-11)18(19)20/h2-7,9,15H,8,17H2,1H3. The number of aryl methyl sites for hydroxylation is 1. The highest BCUT2D eigenvalue weighted by atomic mass is 19.1. The van der Waals surface area contributed by atoms with Crippen molar-refractivity contribution < 1.29 is 9.31 Å². The Balaban J connectivity index is 2.16. The van der Waals surface area contributed by atoms with Gasteiger partial charge in [0.1, 0.15) is 5.82 Å². The van der Waals surface area contributed by atoms with Crippen LogP contribution in [0.3, 0.4) is 0 Å². The molecule has 0 radical (unpaired) electrons. The van der Waals surface area contributed by atoms with Crippen LogP contribution in [0.5, 0.6) is 0 Å². The van der Waals surface area contributed by atoms with Crippen molar-refractivity contribution in [1.29, 1.82) is 0 Å². The van der Waals surface area contributed by atoms with Crippen molar-refractivity contribution >= 4 is 5.69 Å². The Morgan fingerprint density at radius 3 is 2.50 bits per heavy atom. The molecule has 0 saturated carbocycles. The molecule has 0 bridgehead atoms. The summed E-state index contributed by atoms with van der Waals surface area (Å²) in [4.78, 5) is 10.1. The summed E-state index contributed by atoms with van der Waals surface area (Å²) >= 11 is 0. The normalized spacial score (nSPS) is 12.2. The lowest BCUT2D eigenvalue weighted by molar-refractivity contribution is -0.384. The van der Waals surface area contributed by atoms with E-state index < -0.39 is 4.92 Å². The van der Waals surface area contributed by atoms with Crippen LogP contribution in [0.2, 0.25) is 0 Å². The molecular formula is C15H15FN2O2. The molecule has 2 aromatic carbocycles. The Hall–Kier alpha value is -2.27. The molecule has 0 spiro atoms. The largest absolute Gasteiger partial charge is 0.324 e. The summed E-state index contributed by atoms with van der Waals surface area (Å²) in [5.74, 6) is -0.315. The van der Waals surface area contributed by atoms with Crippen LogP contribution in [-0.4, -0.2) is 4.92 Å². The molecule has 0 saturated heterocycles. The van der Waals surface area contributed by atoms with Gasteiger partial charge in [-0.05, 0) is 42.2 Å². The Morgan fingerprint density at radius 2 is 1.90 bits per heavy atom. The van der Waals surface area contributed by atoms with Gasteiger partial charge >= 0.3 is 0 Å². The molecule has 2 aromatic rings. The minimum atomic E-state index is -0.444. The van der Waals surface area contributed by atoms with Crippen molar-refractivity contribution in [3.8, 4) is 0 Å². The van der Waals surface area contributed by atoms with E-state index in [1.807, 2.05) is 6.92 Å². The monoisotopic (exact) mass is 274 g/mol. The van der Waals surface area contributed by atoms with Crippen LogP contribution < -0.4 is 5.73 Å². The molecule has 0 fully saturated rings. The fourth-order valence-electron chi connectivity index (χ4n) is 2.13. The van der Waals surface area contributed by atoms with Crippen LogP contribution in [0, 0.1) is 22.9 Å². The maximum Gasteiger partial charge on any atom is 0.269 e. The summed E-state index contributed by atoms with van der Waals surface area (Å²) in [6.07, 6.45) is 0.502. The summed E-state index contributed by atoms with van der Waals surface area (Å²) in [5.41, 5.74) is 8.71. The van der Waals surface area contributed by atoms with Crippen molar-refractivity contribution in [3.63, 3.8) is 0 Å². The van der Waals surface area contributed by atoms with Crippen LogP contribution in [0.4, 0.5) is 10.1 Å². The van der Waals surface area contributed by atoms with Gasteiger partial charge in [0.2, 0.25) is 0 Å². The summed E-state index contributed by atoms with van der Waals surface area (Å²) in [5, 5.41) is 10.6. The van der Waals surface area contributed by atoms with E-state index in [9.17, 15) is 14.5 Å². The highest BCUT2D eigenvalue weighted by Crippen LogP contribution is 2.22. The van der Waals surface area contributed by atoms with Gasteiger partial charge in [0.25, 0.3) is 5.69 Å². The van der Waals surface area contributed by atoms with E-state index in [0.717, 1.165) is 16.7 Å². The molecule has 1 unspecified atom stereocenters. The van der Waals surface area contributed by atoms with Gasteiger partial charge in [-0.1, -0.05) is 18.2 Å². The van der Waals surface area contributed by atoms with Gasteiger partial charge < -0.3 is 5.73 Å². The fraction of sp³-hybridized carbons (Fsp3) is 0.200. The molecule has 1 atom stereocenters. The molecule has 2 N–H and O–H groups in total. The number of benzene rings is 2. The second kappa shape index (κ2) is 5.79. The molecule has 0 aliphatic rings. The maximum atomic E-state index is 13.3. The zero-order valence-corrected chi connectivity index (χ0v) is 11.0. The van der Waals surface area contributed by atoms with E-state index in [4.69, 9.17) is 5.73 Å². The van der Waals surface area contributed by atoms with E-state index in [1.54, 1.807) is 18.2 Å². The third kappa shape index (κ3) is 3.19. The quantitative estimate of drug-likeness (QED) is 0.687. The second-order valence-corrected chi connectivity index (χ2v) is 4.74. The molecule has 2 rings (SSSR count). The Bertz CT molecular complexity index is 626. The Morgan fingerprint density at radius 1 is 1.25 bits per heavy atom. The minimum Gasteiger partial charge on any atom is -0.324 e. The second-order valence-electron chi connectivity index (χ2n) is 4.74. The third-order valence-corrected chi connectivity index (χ3v) is 3.24. The van der Waals surface area contributed by atoms with E-state index in [0.29, 0.717) is 6.42 Å². The average Bonchev–Trinajstić information content (AvgIpc) is 2.42. The Labute approximate surface area is 116 Å². The first-order chi connectivity index (χ1) is 9.47. The zero-order valence-electron chi connectivity index (χ0n) is 11.0. The smallest absolute Gasteiger partial charge is 0.269 e. The van der Waals surface area contributed by atoms with E-state index in [-0.39, 0.29) is 17.5 Å². The number of rotatable bonds is 4. The lowest BCUT2D eigenvalue weighted by Crippen LogP contribution is -2.15. The van der Waals surface area contributed by atoms with Crippen molar-refractivity contribution in [2.24, 2.45) is 5.73 Å². The molecule has 0 aromatic heterocycles. The first-order valence-electron chi connectivity index (χ1n) is 6.22. The first kappa shape index (κ1) is 14.1. The van der Waals surface area contributed by atoms with Gasteiger partial charge in [0.05, 0.1) is 4.92 Å². The summed E-state index contributed by atoms with van der Waals surface area (Å²) < 4.78 is 13.3. The van der Waals surface area contributed by atoms with Crippen LogP contribution >= 0.6 is 0 Å². The molecule has 0 aliphatic heterocycles. The van der Waals surface area contributed by atoms with Crippen molar-refractivity contribution in [2.45, 2.75) is 19.4 Å². The molecule has 20 heavy (non-hydrogen) atoms. The highest BCUT2D eigenvalue weighted by Gasteiger charge is 2.12. The predicted octanol–water partition coefficient (Wildman–Crippen LogP) is 3.28. The fourth-order valence-corrected chi connectivity index (χ4v) is 2.13. The number of nitro benzene ring substituents is 1. The molecule has 0 amide bonds. The van der Waals surface area contributed by atoms with E-state index in [1.165, 1.54) is 24.3 Å². The SMILES string of the molecule is Cc1ccc(F)cc1C(N)Cc1ccc([N+](=O)[O-])cc1. The summed E-state index contributed by atoms with van der Waals surface area (Å²) in [7, 11) is 0. The van der Waals surface area contributed by atoms with Crippen LogP contribution in [0.25, 0.3) is 0 Å². The molecular weight excluding hydrogens is 259 g/mol. The number of hydrogen-bond donors (Lipinski definition) is 1. The van der Waals surface area contributed by atoms with Gasteiger partial charge in [-0.3, -0.25) is 10.1 Å². The third-order valence-electron chi connectivity index (χ3n) is 3.24. The topological polar surface area (TPSA) is 69.2 Å². The van der Waals surface area contributed by atoms with E-state index >= 15 is 0 Å². The average molecular weight is 274 g/mol. The number of halogens is 1. The van der Waals surface area contributed by atoms with Gasteiger partial charge in [0.15, 0.2) is 0 Å². The van der Waals surface area contributed by atoms with E-state index in [2.05, 4.69) is 0 Å². The summed E-state index contributed by atoms with van der Waals surface area (Å²) in [6, 6.07) is 10.4. The van der Waals surface area contributed by atoms with Crippen molar-refractivity contribution in [1.82, 2.24) is 0 Å². The van der Waals surface area contributed by atoms with Crippen molar-refractivity contribution in [3.05, 3.63) is 75.1 Å². The molecule has 0 aliphatic carbocycles. The highest BCUT2D eigenvalue weighted by molar-refractivity contribution is 5.35. The van der Waals surface area contributed by atoms with Gasteiger partial charge in [-0.2, -0.15) is 0 Å². The summed E-state index contributed by atoms with van der Waals surface area (Å²) in [6.45, 7) is 1.88. The minimum absolute atomic E-state index is 0.0456. The number of nitrogens with zero attached hydrogens (tertiary/aromatic N) is 1. The Kier molecular flexibility index (Phi) is 4.10. The zero-order chi connectivity index (χ0) is 14.7. The van der Waals surface area contributed by atoms with Crippen LogP contribution in [0.15, 0.2) is 42.5 Å². The molecule has 4 nitrogen and oxygen atoms in total. The first-order valence-corrected chi connectivity index (χ1v) is 6.22.